The van der Waals surface area contributed by atoms with Crippen LogP contribution in [0.25, 0.3) is 0 Å². The molecule has 0 radical (unpaired) electrons. The zero-order valence-electron chi connectivity index (χ0n) is 8.84. The van der Waals surface area contributed by atoms with E-state index in [1.807, 2.05) is 11.8 Å². The molecular formula is C10H20N2S. The molecule has 0 aromatic heterocycles. The van der Waals surface area contributed by atoms with Gasteiger partial charge in [-0.2, -0.15) is 17.0 Å². The first-order valence-electron chi connectivity index (χ1n) is 4.79. The Kier molecular flexibility index (Phi) is 6.19. The molecule has 1 unspecified atom stereocenters. The van der Waals surface area contributed by atoms with Gasteiger partial charge in [-0.25, -0.2) is 0 Å². The van der Waals surface area contributed by atoms with Crippen molar-refractivity contribution in [2.45, 2.75) is 50.8 Å². The second-order valence-corrected chi connectivity index (χ2v) is 5.59. The van der Waals surface area contributed by atoms with Crippen LogP contribution in [0, 0.1) is 11.3 Å². The number of nitrogens with two attached hydrogens (primary N) is 1. The Morgan fingerprint density at radius 1 is 1.46 bits per heavy atom. The molecule has 0 amide bonds. The van der Waals surface area contributed by atoms with E-state index in [9.17, 15) is 0 Å². The average molecular weight is 200 g/mol. The molecule has 0 saturated heterocycles. The van der Waals surface area contributed by atoms with Crippen LogP contribution in [0.2, 0.25) is 0 Å². The van der Waals surface area contributed by atoms with Crippen molar-refractivity contribution >= 4 is 11.8 Å². The number of rotatable bonds is 6. The summed E-state index contributed by atoms with van der Waals surface area (Å²) in [5.41, 5.74) is 5.07. The molecule has 0 heterocycles. The molecule has 76 valence electrons. The summed E-state index contributed by atoms with van der Waals surface area (Å²) in [5.74, 6) is 1.18. The molecule has 0 aliphatic carbocycles. The average Bonchev–Trinajstić information content (AvgIpc) is 2.03. The van der Waals surface area contributed by atoms with Gasteiger partial charge in [0.25, 0.3) is 0 Å². The van der Waals surface area contributed by atoms with E-state index in [1.54, 1.807) is 6.92 Å². The summed E-state index contributed by atoms with van der Waals surface area (Å²) in [6, 6.07) is 2.11. The molecule has 0 aromatic carbocycles. The highest BCUT2D eigenvalue weighted by Gasteiger charge is 2.15. The summed E-state index contributed by atoms with van der Waals surface area (Å²) < 4.78 is 0. The Balaban J connectivity index is 3.32. The Morgan fingerprint density at radius 2 is 2.08 bits per heavy atom. The van der Waals surface area contributed by atoms with Crippen molar-refractivity contribution in [2.24, 2.45) is 5.73 Å². The van der Waals surface area contributed by atoms with Gasteiger partial charge in [-0.05, 0) is 37.2 Å². The molecule has 0 aliphatic heterocycles. The van der Waals surface area contributed by atoms with Gasteiger partial charge in [0.15, 0.2) is 0 Å². The van der Waals surface area contributed by atoms with E-state index < -0.39 is 5.54 Å². The molecule has 2 nitrogen and oxygen atoms in total. The van der Waals surface area contributed by atoms with Crippen molar-refractivity contribution in [1.29, 1.82) is 5.26 Å². The third-order valence-electron chi connectivity index (χ3n) is 1.80. The first kappa shape index (κ1) is 12.8. The molecule has 13 heavy (non-hydrogen) atoms. The third kappa shape index (κ3) is 8.14. The van der Waals surface area contributed by atoms with Gasteiger partial charge in [0.2, 0.25) is 0 Å². The first-order chi connectivity index (χ1) is 5.98. The number of thioether (sulfide) groups is 1. The minimum Gasteiger partial charge on any atom is -0.314 e. The van der Waals surface area contributed by atoms with Crippen LogP contribution in [0.15, 0.2) is 0 Å². The molecule has 3 heteroatoms. The standard InChI is InChI=1S/C10H20N2S/c1-9(2)13-7-5-4-6-10(3,12)8-11/h9H,4-7,12H2,1-3H3. The first-order valence-corrected chi connectivity index (χ1v) is 5.84. The third-order valence-corrected chi connectivity index (χ3v) is 2.99. The van der Waals surface area contributed by atoms with Crippen molar-refractivity contribution < 1.29 is 0 Å². The van der Waals surface area contributed by atoms with E-state index in [0.29, 0.717) is 5.25 Å². The largest absolute Gasteiger partial charge is 0.314 e. The predicted octanol–water partition coefficient (Wildman–Crippen LogP) is 2.54. The molecule has 0 aliphatic rings. The van der Waals surface area contributed by atoms with Gasteiger partial charge in [0.1, 0.15) is 5.54 Å². The van der Waals surface area contributed by atoms with Crippen LogP contribution in [0.1, 0.15) is 40.0 Å². The van der Waals surface area contributed by atoms with Crippen LogP contribution < -0.4 is 5.73 Å². The maximum atomic E-state index is 8.66. The lowest BCUT2D eigenvalue weighted by Gasteiger charge is -2.14. The molecule has 0 rings (SSSR count). The summed E-state index contributed by atoms with van der Waals surface area (Å²) in [5, 5.41) is 9.37. The maximum absolute atomic E-state index is 8.66. The zero-order chi connectivity index (χ0) is 10.3. The maximum Gasteiger partial charge on any atom is 0.101 e. The van der Waals surface area contributed by atoms with Crippen molar-refractivity contribution in [2.75, 3.05) is 5.75 Å². The normalized spacial score (nSPS) is 15.4. The highest BCUT2D eigenvalue weighted by molar-refractivity contribution is 7.99. The molecule has 0 aromatic rings. The van der Waals surface area contributed by atoms with E-state index in [4.69, 9.17) is 11.0 Å². The van der Waals surface area contributed by atoms with Crippen LogP contribution in [0.5, 0.6) is 0 Å². The fraction of sp³-hybridized carbons (Fsp3) is 0.900. The van der Waals surface area contributed by atoms with Gasteiger partial charge in [0.05, 0.1) is 6.07 Å². The Hall–Kier alpha value is -0.200. The van der Waals surface area contributed by atoms with Crippen molar-refractivity contribution in [3.05, 3.63) is 0 Å². The monoisotopic (exact) mass is 200 g/mol. The van der Waals surface area contributed by atoms with Gasteiger partial charge in [-0.15, -0.1) is 0 Å². The summed E-state index contributed by atoms with van der Waals surface area (Å²) >= 11 is 1.97. The number of nitrogens with zero attached hydrogens (tertiary/aromatic N) is 1. The molecule has 2 N–H and O–H groups in total. The van der Waals surface area contributed by atoms with Crippen molar-refractivity contribution in [3.63, 3.8) is 0 Å². The second kappa shape index (κ2) is 6.28. The van der Waals surface area contributed by atoms with Gasteiger partial charge >= 0.3 is 0 Å². The number of unbranched alkanes of at least 4 members (excludes halogenated alkanes) is 1. The number of hydrogen-bond acceptors (Lipinski definition) is 3. The van der Waals surface area contributed by atoms with E-state index in [0.717, 1.165) is 19.3 Å². The summed E-state index contributed by atoms with van der Waals surface area (Å²) in [7, 11) is 0. The lowest BCUT2D eigenvalue weighted by molar-refractivity contribution is 0.519. The minimum absolute atomic E-state index is 0.623. The van der Waals surface area contributed by atoms with E-state index in [2.05, 4.69) is 19.9 Å². The van der Waals surface area contributed by atoms with E-state index in [1.165, 1.54) is 5.75 Å². The lowest BCUT2D eigenvalue weighted by atomic mass is 9.99. The number of hydrogen-bond donors (Lipinski definition) is 1. The SMILES string of the molecule is CC(C)SCCCCC(C)(N)C#N. The van der Waals surface area contributed by atoms with Gasteiger partial charge in [0, 0.05) is 0 Å². The predicted molar refractivity (Wildman–Crippen MR) is 59.7 cm³/mol. The Labute approximate surface area is 85.9 Å². The smallest absolute Gasteiger partial charge is 0.101 e. The van der Waals surface area contributed by atoms with E-state index in [-0.39, 0.29) is 0 Å². The van der Waals surface area contributed by atoms with Crippen LogP contribution >= 0.6 is 11.8 Å². The molecule has 0 saturated carbocycles. The van der Waals surface area contributed by atoms with Gasteiger partial charge < -0.3 is 5.73 Å². The second-order valence-electron chi connectivity index (χ2n) is 3.91. The highest BCUT2D eigenvalue weighted by atomic mass is 32.2. The number of nitriles is 1. The molecule has 0 spiro atoms. The quantitative estimate of drug-likeness (QED) is 0.670. The fourth-order valence-electron chi connectivity index (χ4n) is 0.969. The van der Waals surface area contributed by atoms with Crippen LogP contribution in [-0.2, 0) is 0 Å². The molecule has 1 atom stereocenters. The van der Waals surface area contributed by atoms with Crippen LogP contribution in [-0.4, -0.2) is 16.5 Å². The topological polar surface area (TPSA) is 49.8 Å². The summed E-state index contributed by atoms with van der Waals surface area (Å²) in [4.78, 5) is 0. The highest BCUT2D eigenvalue weighted by Crippen LogP contribution is 2.15. The lowest BCUT2D eigenvalue weighted by Crippen LogP contribution is -2.33. The van der Waals surface area contributed by atoms with E-state index >= 15 is 0 Å². The fourth-order valence-corrected chi connectivity index (χ4v) is 1.81. The van der Waals surface area contributed by atoms with Crippen LogP contribution in [0.3, 0.4) is 0 Å². The molecule has 0 bridgehead atoms. The summed E-state index contributed by atoms with van der Waals surface area (Å²) in [6.45, 7) is 6.20. The van der Waals surface area contributed by atoms with Gasteiger partial charge in [-0.1, -0.05) is 13.8 Å². The van der Waals surface area contributed by atoms with Crippen molar-refractivity contribution in [3.8, 4) is 6.07 Å². The molecule has 0 fully saturated rings. The summed E-state index contributed by atoms with van der Waals surface area (Å²) in [6.07, 6.45) is 3.03. The minimum atomic E-state index is -0.623. The Morgan fingerprint density at radius 3 is 2.54 bits per heavy atom. The molecular weight excluding hydrogens is 180 g/mol. The van der Waals surface area contributed by atoms with Crippen molar-refractivity contribution in [1.82, 2.24) is 0 Å². The zero-order valence-corrected chi connectivity index (χ0v) is 9.66. The van der Waals surface area contributed by atoms with Crippen LogP contribution in [0.4, 0.5) is 0 Å². The van der Waals surface area contributed by atoms with Gasteiger partial charge in [-0.3, -0.25) is 0 Å². The Bertz CT molecular complexity index is 170.